The van der Waals surface area contributed by atoms with Gasteiger partial charge in [0.25, 0.3) is 0 Å². The predicted octanol–water partition coefficient (Wildman–Crippen LogP) is 3.81. The van der Waals surface area contributed by atoms with Gasteiger partial charge in [0, 0.05) is 45.0 Å². The minimum absolute atomic E-state index is 0.0477. The number of rotatable bonds is 5. The fourth-order valence-electron chi connectivity index (χ4n) is 3.64. The van der Waals surface area contributed by atoms with Crippen molar-refractivity contribution in [2.24, 2.45) is 0 Å². The number of anilines is 1. The molecule has 2 aliphatic heterocycles. The van der Waals surface area contributed by atoms with E-state index in [1.165, 1.54) is 6.42 Å². The minimum Gasteiger partial charge on any atom is -0.457 e. The van der Waals surface area contributed by atoms with Crippen molar-refractivity contribution in [1.82, 2.24) is 9.80 Å². The second kappa shape index (κ2) is 9.08. The fraction of sp³-hybridized carbons (Fsp3) is 0.409. The number of urea groups is 1. The first-order chi connectivity index (χ1) is 13.8. The Bertz CT molecular complexity index is 752. The van der Waals surface area contributed by atoms with E-state index in [0.717, 1.165) is 62.9 Å². The van der Waals surface area contributed by atoms with E-state index in [9.17, 15) is 4.79 Å². The summed E-state index contributed by atoms with van der Waals surface area (Å²) in [5, 5.41) is 2.98. The molecular weight excluding hydrogens is 354 g/mol. The molecule has 2 aliphatic rings. The van der Waals surface area contributed by atoms with Gasteiger partial charge in [0.05, 0.1) is 6.10 Å². The molecule has 1 atom stereocenters. The number of piperazine rings is 1. The van der Waals surface area contributed by atoms with Gasteiger partial charge in [0.15, 0.2) is 0 Å². The SMILES string of the molecule is O=C(Nc1ccc(Oc2ccccc2)cc1)N1CCN(CC2CCCO2)CC1. The summed E-state index contributed by atoms with van der Waals surface area (Å²) in [6.07, 6.45) is 2.70. The van der Waals surface area contributed by atoms with Crippen molar-refractivity contribution in [3.8, 4) is 11.5 Å². The average molecular weight is 381 g/mol. The number of carbonyl (C=O) groups is 1. The summed E-state index contributed by atoms with van der Waals surface area (Å²) in [5.41, 5.74) is 0.771. The topological polar surface area (TPSA) is 54.0 Å². The molecule has 2 fully saturated rings. The lowest BCUT2D eigenvalue weighted by atomic mass is 10.2. The molecule has 0 radical (unpaired) electrons. The van der Waals surface area contributed by atoms with Crippen molar-refractivity contribution < 1.29 is 14.3 Å². The van der Waals surface area contributed by atoms with Gasteiger partial charge in [0.1, 0.15) is 11.5 Å². The third-order valence-corrected chi connectivity index (χ3v) is 5.23. The quantitative estimate of drug-likeness (QED) is 0.856. The average Bonchev–Trinajstić information content (AvgIpc) is 3.24. The number of amides is 2. The number of nitrogens with one attached hydrogen (secondary N) is 1. The molecule has 6 heteroatoms. The lowest BCUT2D eigenvalue weighted by Gasteiger charge is -2.35. The van der Waals surface area contributed by atoms with E-state index in [4.69, 9.17) is 9.47 Å². The Hall–Kier alpha value is -2.57. The van der Waals surface area contributed by atoms with Gasteiger partial charge >= 0.3 is 6.03 Å². The molecule has 6 nitrogen and oxygen atoms in total. The molecule has 0 aromatic heterocycles. The monoisotopic (exact) mass is 381 g/mol. The van der Waals surface area contributed by atoms with Crippen LogP contribution < -0.4 is 10.1 Å². The van der Waals surface area contributed by atoms with Crippen LogP contribution in [-0.2, 0) is 4.74 Å². The van der Waals surface area contributed by atoms with Gasteiger partial charge < -0.3 is 19.7 Å². The standard InChI is InChI=1S/C22H27N3O3/c26-22(25-14-12-24(13-15-25)17-21-7-4-16-27-21)23-18-8-10-20(11-9-18)28-19-5-2-1-3-6-19/h1-3,5-6,8-11,21H,4,7,12-17H2,(H,23,26). The number of nitrogens with zero attached hydrogens (tertiary/aromatic N) is 2. The first kappa shape index (κ1) is 18.8. The Labute approximate surface area is 166 Å². The van der Waals surface area contributed by atoms with E-state index in [1.807, 2.05) is 59.5 Å². The van der Waals surface area contributed by atoms with Crippen LogP contribution >= 0.6 is 0 Å². The maximum atomic E-state index is 12.5. The second-order valence-electron chi connectivity index (χ2n) is 7.29. The first-order valence-corrected chi connectivity index (χ1v) is 9.99. The molecule has 0 bridgehead atoms. The van der Waals surface area contributed by atoms with Crippen molar-refractivity contribution >= 4 is 11.7 Å². The van der Waals surface area contributed by atoms with Crippen LogP contribution in [0.4, 0.5) is 10.5 Å². The molecule has 148 valence electrons. The summed E-state index contributed by atoms with van der Waals surface area (Å²) in [7, 11) is 0. The predicted molar refractivity (Wildman–Crippen MR) is 109 cm³/mol. The van der Waals surface area contributed by atoms with E-state index < -0.39 is 0 Å². The van der Waals surface area contributed by atoms with Crippen molar-refractivity contribution in [3.05, 3.63) is 54.6 Å². The molecule has 2 aromatic carbocycles. The summed E-state index contributed by atoms with van der Waals surface area (Å²) >= 11 is 0. The minimum atomic E-state index is -0.0477. The van der Waals surface area contributed by atoms with E-state index in [2.05, 4.69) is 10.2 Å². The molecule has 1 N–H and O–H groups in total. The van der Waals surface area contributed by atoms with Crippen LogP contribution in [0, 0.1) is 0 Å². The van der Waals surface area contributed by atoms with Gasteiger partial charge in [-0.25, -0.2) is 4.79 Å². The van der Waals surface area contributed by atoms with Crippen molar-refractivity contribution in [3.63, 3.8) is 0 Å². The Morgan fingerprint density at radius 2 is 1.71 bits per heavy atom. The fourth-order valence-corrected chi connectivity index (χ4v) is 3.64. The number of benzene rings is 2. The molecule has 2 saturated heterocycles. The van der Waals surface area contributed by atoms with Gasteiger partial charge in [-0.15, -0.1) is 0 Å². The normalized spacial score (nSPS) is 20.1. The zero-order valence-corrected chi connectivity index (χ0v) is 16.0. The zero-order chi connectivity index (χ0) is 19.2. The highest BCUT2D eigenvalue weighted by molar-refractivity contribution is 5.89. The summed E-state index contributed by atoms with van der Waals surface area (Å²) in [6.45, 7) is 5.16. The van der Waals surface area contributed by atoms with Crippen LogP contribution in [0.15, 0.2) is 54.6 Å². The molecule has 2 heterocycles. The van der Waals surface area contributed by atoms with Crippen LogP contribution in [0.3, 0.4) is 0 Å². The van der Waals surface area contributed by atoms with Gasteiger partial charge in [-0.1, -0.05) is 18.2 Å². The van der Waals surface area contributed by atoms with Crippen LogP contribution in [0.25, 0.3) is 0 Å². The van der Waals surface area contributed by atoms with Crippen molar-refractivity contribution in [2.75, 3.05) is 44.6 Å². The number of para-hydroxylation sites is 1. The first-order valence-electron chi connectivity index (χ1n) is 9.99. The van der Waals surface area contributed by atoms with Gasteiger partial charge in [-0.2, -0.15) is 0 Å². The summed E-state index contributed by atoms with van der Waals surface area (Å²) in [4.78, 5) is 16.8. The molecule has 1 unspecified atom stereocenters. The van der Waals surface area contributed by atoms with E-state index >= 15 is 0 Å². The summed E-state index contributed by atoms with van der Waals surface area (Å²) < 4.78 is 11.5. The lowest BCUT2D eigenvalue weighted by molar-refractivity contribution is 0.0572. The smallest absolute Gasteiger partial charge is 0.321 e. The highest BCUT2D eigenvalue weighted by atomic mass is 16.5. The molecule has 28 heavy (non-hydrogen) atoms. The van der Waals surface area contributed by atoms with Crippen LogP contribution in [0.5, 0.6) is 11.5 Å². The van der Waals surface area contributed by atoms with Crippen molar-refractivity contribution in [1.29, 1.82) is 0 Å². The van der Waals surface area contributed by atoms with Gasteiger partial charge in [-0.3, -0.25) is 4.90 Å². The van der Waals surface area contributed by atoms with Gasteiger partial charge in [0.2, 0.25) is 0 Å². The Morgan fingerprint density at radius 1 is 1.00 bits per heavy atom. The summed E-state index contributed by atoms with van der Waals surface area (Å²) in [6, 6.07) is 17.1. The molecular formula is C22H27N3O3. The largest absolute Gasteiger partial charge is 0.457 e. The van der Waals surface area contributed by atoms with Gasteiger partial charge in [-0.05, 0) is 49.2 Å². The number of carbonyl (C=O) groups excluding carboxylic acids is 1. The van der Waals surface area contributed by atoms with Crippen LogP contribution in [0.1, 0.15) is 12.8 Å². The molecule has 2 aromatic rings. The van der Waals surface area contributed by atoms with E-state index in [-0.39, 0.29) is 6.03 Å². The third-order valence-electron chi connectivity index (χ3n) is 5.23. The number of hydrogen-bond donors (Lipinski definition) is 1. The van der Waals surface area contributed by atoms with E-state index in [0.29, 0.717) is 6.10 Å². The molecule has 2 amide bonds. The second-order valence-corrected chi connectivity index (χ2v) is 7.29. The Kier molecular flexibility index (Phi) is 6.09. The maximum absolute atomic E-state index is 12.5. The molecule has 0 spiro atoms. The Balaban J connectivity index is 1.23. The third kappa shape index (κ3) is 5.03. The van der Waals surface area contributed by atoms with Crippen LogP contribution in [-0.4, -0.2) is 61.3 Å². The molecule has 0 saturated carbocycles. The highest BCUT2D eigenvalue weighted by Crippen LogP contribution is 2.23. The molecule has 4 rings (SSSR count). The van der Waals surface area contributed by atoms with E-state index in [1.54, 1.807) is 0 Å². The summed E-state index contributed by atoms with van der Waals surface area (Å²) in [5.74, 6) is 1.53. The maximum Gasteiger partial charge on any atom is 0.321 e. The highest BCUT2D eigenvalue weighted by Gasteiger charge is 2.24. The van der Waals surface area contributed by atoms with Crippen molar-refractivity contribution in [2.45, 2.75) is 18.9 Å². The number of ether oxygens (including phenoxy) is 2. The molecule has 0 aliphatic carbocycles. The van der Waals surface area contributed by atoms with Crippen LogP contribution in [0.2, 0.25) is 0 Å². The zero-order valence-electron chi connectivity index (χ0n) is 16.0. The lowest BCUT2D eigenvalue weighted by Crippen LogP contribution is -2.51. The Morgan fingerprint density at radius 3 is 2.39 bits per heavy atom. The number of hydrogen-bond acceptors (Lipinski definition) is 4.